The smallest absolute Gasteiger partial charge is 0.269 e. The van der Waals surface area contributed by atoms with Crippen molar-refractivity contribution in [3.05, 3.63) is 69.8 Å². The van der Waals surface area contributed by atoms with E-state index >= 15 is 0 Å². The maximum Gasteiger partial charge on any atom is 0.269 e. The van der Waals surface area contributed by atoms with Gasteiger partial charge in [0.15, 0.2) is 0 Å². The molecule has 0 amide bonds. The molecular formula is C18H19N3O2S. The van der Waals surface area contributed by atoms with Crippen molar-refractivity contribution in [3.63, 3.8) is 0 Å². The lowest BCUT2D eigenvalue weighted by Crippen LogP contribution is -2.48. The van der Waals surface area contributed by atoms with Crippen LogP contribution in [0.4, 0.5) is 11.4 Å². The molecule has 0 bridgehead atoms. The van der Waals surface area contributed by atoms with Gasteiger partial charge in [0.05, 0.1) is 4.92 Å². The molecule has 3 rings (SSSR count). The molecule has 0 radical (unpaired) electrons. The summed E-state index contributed by atoms with van der Waals surface area (Å²) >= 11 is 5.56. The van der Waals surface area contributed by atoms with E-state index in [1.165, 1.54) is 23.4 Å². The van der Waals surface area contributed by atoms with E-state index in [0.29, 0.717) is 0 Å². The number of anilines is 1. The molecule has 24 heavy (non-hydrogen) atoms. The predicted molar refractivity (Wildman–Crippen MR) is 99.8 cm³/mol. The van der Waals surface area contributed by atoms with Gasteiger partial charge >= 0.3 is 0 Å². The lowest BCUT2D eigenvalue weighted by molar-refractivity contribution is -0.384. The van der Waals surface area contributed by atoms with Crippen LogP contribution in [0, 0.1) is 17.0 Å². The van der Waals surface area contributed by atoms with Gasteiger partial charge in [0.2, 0.25) is 0 Å². The number of nitro benzene ring substituents is 1. The van der Waals surface area contributed by atoms with E-state index in [1.54, 1.807) is 12.1 Å². The van der Waals surface area contributed by atoms with Crippen molar-refractivity contribution in [2.24, 2.45) is 0 Å². The first kappa shape index (κ1) is 16.4. The number of piperazine rings is 1. The van der Waals surface area contributed by atoms with E-state index in [9.17, 15) is 10.1 Å². The van der Waals surface area contributed by atoms with E-state index in [0.717, 1.165) is 36.7 Å². The summed E-state index contributed by atoms with van der Waals surface area (Å²) in [7, 11) is 0. The quantitative estimate of drug-likeness (QED) is 0.486. The number of rotatable bonds is 3. The van der Waals surface area contributed by atoms with Gasteiger partial charge in [-0.1, -0.05) is 29.9 Å². The second-order valence-electron chi connectivity index (χ2n) is 5.92. The largest absolute Gasteiger partial charge is 0.368 e. The molecule has 0 N–H and O–H groups in total. The molecule has 2 aromatic rings. The SMILES string of the molecule is Cc1ccc(N2CCN(C(=S)c3ccc([N+](=O)[O-])cc3)CC2)cc1. The average molecular weight is 341 g/mol. The number of nitrogens with zero attached hydrogens (tertiary/aromatic N) is 3. The highest BCUT2D eigenvalue weighted by Gasteiger charge is 2.20. The van der Waals surface area contributed by atoms with Crippen LogP contribution in [0.5, 0.6) is 0 Å². The maximum absolute atomic E-state index is 10.7. The van der Waals surface area contributed by atoms with Crippen LogP contribution in [0.1, 0.15) is 11.1 Å². The van der Waals surface area contributed by atoms with E-state index < -0.39 is 4.92 Å². The molecular weight excluding hydrogens is 322 g/mol. The summed E-state index contributed by atoms with van der Waals surface area (Å²) in [5, 5.41) is 10.7. The van der Waals surface area contributed by atoms with Crippen LogP contribution in [-0.4, -0.2) is 41.0 Å². The van der Waals surface area contributed by atoms with Gasteiger partial charge in [-0.3, -0.25) is 10.1 Å². The molecule has 1 heterocycles. The van der Waals surface area contributed by atoms with Crippen LogP contribution in [0.15, 0.2) is 48.5 Å². The molecule has 5 nitrogen and oxygen atoms in total. The topological polar surface area (TPSA) is 49.6 Å². The Labute approximate surface area is 146 Å². The second-order valence-corrected chi connectivity index (χ2v) is 6.31. The summed E-state index contributed by atoms with van der Waals surface area (Å²) in [6.45, 7) is 5.62. The number of nitro groups is 1. The van der Waals surface area contributed by atoms with Gasteiger partial charge < -0.3 is 9.80 Å². The fraction of sp³-hybridized carbons (Fsp3) is 0.278. The minimum atomic E-state index is -0.396. The Balaban J connectivity index is 1.62. The van der Waals surface area contributed by atoms with Crippen molar-refractivity contribution in [3.8, 4) is 0 Å². The predicted octanol–water partition coefficient (Wildman–Crippen LogP) is 3.40. The fourth-order valence-corrected chi connectivity index (χ4v) is 3.15. The van der Waals surface area contributed by atoms with Crippen LogP contribution >= 0.6 is 12.2 Å². The Morgan fingerprint density at radius 3 is 2.12 bits per heavy atom. The number of aryl methyl sites for hydroxylation is 1. The molecule has 1 fully saturated rings. The third-order valence-corrected chi connectivity index (χ3v) is 4.78. The number of thiocarbonyl (C=S) groups is 1. The Hall–Kier alpha value is -2.47. The summed E-state index contributed by atoms with van der Waals surface area (Å²) in [6, 6.07) is 15.0. The van der Waals surface area contributed by atoms with Crippen molar-refractivity contribution in [1.29, 1.82) is 0 Å². The zero-order valence-corrected chi connectivity index (χ0v) is 14.3. The van der Waals surface area contributed by atoms with Gasteiger partial charge in [0.25, 0.3) is 5.69 Å². The number of benzene rings is 2. The third kappa shape index (κ3) is 3.54. The minimum absolute atomic E-state index is 0.0886. The number of hydrogen-bond acceptors (Lipinski definition) is 4. The molecule has 0 unspecified atom stereocenters. The molecule has 6 heteroatoms. The standard InChI is InChI=1S/C18H19N3O2S/c1-14-2-6-16(7-3-14)19-10-12-20(13-11-19)18(24)15-4-8-17(9-5-15)21(22)23/h2-9H,10-13H2,1H3. The zero-order chi connectivity index (χ0) is 17.1. The molecule has 0 atom stereocenters. The first-order chi connectivity index (χ1) is 11.5. The Morgan fingerprint density at radius 1 is 1.00 bits per heavy atom. The summed E-state index contributed by atoms with van der Waals surface area (Å²) in [6.07, 6.45) is 0. The van der Waals surface area contributed by atoms with Crippen molar-refractivity contribution in [2.75, 3.05) is 31.1 Å². The monoisotopic (exact) mass is 341 g/mol. The van der Waals surface area contributed by atoms with Crippen LogP contribution < -0.4 is 4.90 Å². The first-order valence-corrected chi connectivity index (χ1v) is 8.31. The molecule has 0 spiro atoms. The van der Waals surface area contributed by atoms with Crippen LogP contribution in [-0.2, 0) is 0 Å². The van der Waals surface area contributed by atoms with E-state index in [2.05, 4.69) is 41.0 Å². The van der Waals surface area contributed by atoms with Gasteiger partial charge in [0.1, 0.15) is 4.99 Å². The van der Waals surface area contributed by atoms with E-state index in [1.807, 2.05) is 0 Å². The van der Waals surface area contributed by atoms with Crippen molar-refractivity contribution < 1.29 is 4.92 Å². The Bertz CT molecular complexity index is 736. The highest BCUT2D eigenvalue weighted by atomic mass is 32.1. The van der Waals surface area contributed by atoms with Crippen LogP contribution in [0.25, 0.3) is 0 Å². The van der Waals surface area contributed by atoms with Crippen molar-refractivity contribution in [2.45, 2.75) is 6.92 Å². The lowest BCUT2D eigenvalue weighted by Gasteiger charge is -2.37. The maximum atomic E-state index is 10.7. The Kier molecular flexibility index (Phi) is 4.76. The first-order valence-electron chi connectivity index (χ1n) is 7.90. The summed E-state index contributed by atoms with van der Waals surface area (Å²) in [5.74, 6) is 0. The average Bonchev–Trinajstić information content (AvgIpc) is 2.62. The number of non-ortho nitro benzene ring substituents is 1. The molecule has 124 valence electrons. The molecule has 0 saturated carbocycles. The molecule has 1 aliphatic heterocycles. The van der Waals surface area contributed by atoms with E-state index in [-0.39, 0.29) is 5.69 Å². The van der Waals surface area contributed by atoms with E-state index in [4.69, 9.17) is 12.2 Å². The van der Waals surface area contributed by atoms with Crippen LogP contribution in [0.3, 0.4) is 0 Å². The molecule has 1 saturated heterocycles. The third-order valence-electron chi connectivity index (χ3n) is 4.29. The molecule has 1 aliphatic rings. The summed E-state index contributed by atoms with van der Waals surface area (Å²) in [5.41, 5.74) is 3.45. The lowest BCUT2D eigenvalue weighted by atomic mass is 10.1. The molecule has 2 aromatic carbocycles. The highest BCUT2D eigenvalue weighted by molar-refractivity contribution is 7.80. The second kappa shape index (κ2) is 6.97. The highest BCUT2D eigenvalue weighted by Crippen LogP contribution is 2.19. The normalized spacial score (nSPS) is 14.5. The summed E-state index contributed by atoms with van der Waals surface area (Å²) in [4.78, 5) is 15.6. The molecule has 0 aromatic heterocycles. The summed E-state index contributed by atoms with van der Waals surface area (Å²) < 4.78 is 0. The van der Waals surface area contributed by atoms with Crippen molar-refractivity contribution in [1.82, 2.24) is 4.90 Å². The van der Waals surface area contributed by atoms with Gasteiger partial charge in [-0.25, -0.2) is 0 Å². The number of hydrogen-bond donors (Lipinski definition) is 0. The van der Waals surface area contributed by atoms with Crippen molar-refractivity contribution >= 4 is 28.6 Å². The molecule has 0 aliphatic carbocycles. The van der Waals surface area contributed by atoms with Gasteiger partial charge in [-0.2, -0.15) is 0 Å². The van der Waals surface area contributed by atoms with Gasteiger partial charge in [-0.05, 0) is 31.2 Å². The Morgan fingerprint density at radius 2 is 1.58 bits per heavy atom. The van der Waals surface area contributed by atoms with Crippen LogP contribution in [0.2, 0.25) is 0 Å². The van der Waals surface area contributed by atoms with Gasteiger partial charge in [-0.15, -0.1) is 0 Å². The minimum Gasteiger partial charge on any atom is -0.368 e. The van der Waals surface area contributed by atoms with Gasteiger partial charge in [0, 0.05) is 49.6 Å². The fourth-order valence-electron chi connectivity index (χ4n) is 2.83. The zero-order valence-electron chi connectivity index (χ0n) is 13.5.